The molecule has 1 N–H and O–H groups in total. The van der Waals surface area contributed by atoms with Crippen LogP contribution in [0, 0.1) is 0 Å². The van der Waals surface area contributed by atoms with E-state index in [0.29, 0.717) is 16.6 Å². The molecule has 0 bridgehead atoms. The number of aliphatic hydroxyl groups is 1. The number of cyclic esters (lactones) is 1. The van der Waals surface area contributed by atoms with Gasteiger partial charge in [0, 0.05) is 0 Å². The lowest BCUT2D eigenvalue weighted by molar-refractivity contribution is -0.144. The van der Waals surface area contributed by atoms with Crippen molar-refractivity contribution in [3.05, 3.63) is 0 Å². The lowest BCUT2D eigenvalue weighted by atomic mass is 10.3. The van der Waals surface area contributed by atoms with Crippen LogP contribution in [0.5, 0.6) is 0 Å². The minimum Gasteiger partial charge on any atom is -0.461 e. The van der Waals surface area contributed by atoms with Crippen molar-refractivity contribution in [1.82, 2.24) is 0 Å². The summed E-state index contributed by atoms with van der Waals surface area (Å²) < 4.78 is 11.1. The van der Waals surface area contributed by atoms with Gasteiger partial charge in [0.15, 0.2) is 6.10 Å². The summed E-state index contributed by atoms with van der Waals surface area (Å²) in [6.45, 7) is 13.0. The van der Waals surface area contributed by atoms with Crippen molar-refractivity contribution in [2.75, 3.05) is 6.61 Å². The van der Waals surface area contributed by atoms with Crippen molar-refractivity contribution >= 4 is 14.3 Å². The quantitative estimate of drug-likeness (QED) is 0.618. The number of carbonyl (C=O) groups is 1. The average Bonchev–Trinajstić information content (AvgIpc) is 2.54. The first-order valence-corrected chi connectivity index (χ1v) is 8.90. The number of rotatable bonds is 5. The number of esters is 1. The summed E-state index contributed by atoms with van der Waals surface area (Å²) in [7, 11) is -2.14. The second kappa shape index (κ2) is 5.71. The molecule has 1 heterocycles. The smallest absolute Gasteiger partial charge is 0.337 e. The number of carbonyl (C=O) groups excluding carboxylic acids is 1. The topological polar surface area (TPSA) is 55.8 Å². The summed E-state index contributed by atoms with van der Waals surface area (Å²) in [5.41, 5.74) is 1.16. The summed E-state index contributed by atoms with van der Waals surface area (Å²) >= 11 is 0. The molecular formula is C13H26O4Si. The Balaban J connectivity index is 3.01. The van der Waals surface area contributed by atoms with Crippen LogP contribution >= 0.6 is 0 Å². The van der Waals surface area contributed by atoms with Gasteiger partial charge in [-0.2, -0.15) is 0 Å². The lowest BCUT2D eigenvalue weighted by Gasteiger charge is -2.43. The van der Waals surface area contributed by atoms with Crippen molar-refractivity contribution in [1.29, 1.82) is 0 Å². The molecule has 18 heavy (non-hydrogen) atoms. The number of ether oxygens (including phenoxy) is 1. The second-order valence-electron chi connectivity index (χ2n) is 6.05. The van der Waals surface area contributed by atoms with Gasteiger partial charge in [0.2, 0.25) is 8.32 Å². The molecule has 0 radical (unpaired) electrons. The van der Waals surface area contributed by atoms with Gasteiger partial charge in [-0.3, -0.25) is 0 Å². The zero-order valence-electron chi connectivity index (χ0n) is 12.3. The third-order valence-electron chi connectivity index (χ3n) is 4.02. The van der Waals surface area contributed by atoms with Gasteiger partial charge in [0.05, 0.1) is 0 Å². The fraction of sp³-hybridized carbons (Fsp3) is 0.923. The Bertz CT molecular complexity index is 280. The molecule has 1 fully saturated rings. The molecule has 1 aliphatic rings. The molecule has 0 aromatic carbocycles. The van der Waals surface area contributed by atoms with Gasteiger partial charge < -0.3 is 14.3 Å². The normalized spacial score (nSPS) is 25.3. The molecule has 5 heteroatoms. The molecule has 0 amide bonds. The number of hydrogen-bond acceptors (Lipinski definition) is 4. The summed E-state index contributed by atoms with van der Waals surface area (Å²) in [4.78, 5) is 11.6. The Morgan fingerprint density at radius 3 is 1.89 bits per heavy atom. The Morgan fingerprint density at radius 2 is 1.61 bits per heavy atom. The highest BCUT2D eigenvalue weighted by molar-refractivity contribution is 6.77. The third kappa shape index (κ3) is 2.63. The highest BCUT2D eigenvalue weighted by atomic mass is 28.4. The zero-order valence-corrected chi connectivity index (χ0v) is 13.3. The van der Waals surface area contributed by atoms with Gasteiger partial charge in [-0.25, -0.2) is 4.79 Å². The molecule has 0 aromatic heterocycles. The van der Waals surface area contributed by atoms with Crippen LogP contribution in [0.15, 0.2) is 0 Å². The molecule has 106 valence electrons. The lowest BCUT2D eigenvalue weighted by Crippen LogP contribution is -2.53. The Labute approximate surface area is 111 Å². The van der Waals surface area contributed by atoms with E-state index < -0.39 is 26.5 Å². The first-order valence-electron chi connectivity index (χ1n) is 6.76. The van der Waals surface area contributed by atoms with Crippen LogP contribution < -0.4 is 0 Å². The van der Waals surface area contributed by atoms with Crippen LogP contribution in [-0.2, 0) is 14.0 Å². The van der Waals surface area contributed by atoms with Gasteiger partial charge in [-0.1, -0.05) is 41.5 Å². The molecule has 0 aliphatic carbocycles. The Kier molecular flexibility index (Phi) is 4.97. The van der Waals surface area contributed by atoms with Crippen LogP contribution in [0.2, 0.25) is 16.6 Å². The summed E-state index contributed by atoms with van der Waals surface area (Å²) in [6.07, 6.45) is -1.61. The maximum absolute atomic E-state index is 11.6. The predicted octanol–water partition coefficient (Wildman–Crippen LogP) is 2.46. The van der Waals surface area contributed by atoms with Crippen molar-refractivity contribution in [2.45, 2.75) is 70.4 Å². The first kappa shape index (κ1) is 15.7. The van der Waals surface area contributed by atoms with Gasteiger partial charge in [-0.05, 0) is 16.6 Å². The third-order valence-corrected chi connectivity index (χ3v) is 10.1. The monoisotopic (exact) mass is 274 g/mol. The van der Waals surface area contributed by atoms with Crippen LogP contribution in [0.4, 0.5) is 0 Å². The zero-order chi connectivity index (χ0) is 14.1. The summed E-state index contributed by atoms with van der Waals surface area (Å²) in [6, 6.07) is 0. The van der Waals surface area contributed by atoms with E-state index in [1.165, 1.54) is 0 Å². The molecule has 1 aliphatic heterocycles. The minimum atomic E-state index is -2.14. The summed E-state index contributed by atoms with van der Waals surface area (Å²) in [5, 5.41) is 9.82. The molecule has 0 aromatic rings. The van der Waals surface area contributed by atoms with Crippen molar-refractivity contribution in [3.8, 4) is 0 Å². The summed E-state index contributed by atoms with van der Waals surface area (Å²) in [5.74, 6) is -0.415. The molecule has 4 nitrogen and oxygen atoms in total. The van der Waals surface area contributed by atoms with E-state index in [0.717, 1.165) is 0 Å². The van der Waals surface area contributed by atoms with Crippen molar-refractivity contribution in [3.63, 3.8) is 0 Å². The SMILES string of the molecule is CC(C)[Si](O[C@H]1C(=O)OC[C@@H]1O)(C(C)C)C(C)C. The van der Waals surface area contributed by atoms with Crippen molar-refractivity contribution in [2.24, 2.45) is 0 Å². The highest BCUT2D eigenvalue weighted by Crippen LogP contribution is 2.43. The van der Waals surface area contributed by atoms with E-state index in [1.807, 2.05) is 0 Å². The molecule has 1 saturated heterocycles. The largest absolute Gasteiger partial charge is 0.461 e. The highest BCUT2D eigenvalue weighted by Gasteiger charge is 2.50. The average molecular weight is 274 g/mol. The van der Waals surface area contributed by atoms with Gasteiger partial charge >= 0.3 is 5.97 Å². The van der Waals surface area contributed by atoms with Crippen LogP contribution in [0.1, 0.15) is 41.5 Å². The standard InChI is InChI=1S/C13H26O4Si/c1-8(2)18(9(3)4,10(5)6)17-12-11(14)7-16-13(12)15/h8-12,14H,7H2,1-6H3/t11-,12+/m0/s1. The molecular weight excluding hydrogens is 248 g/mol. The molecule has 1 rings (SSSR count). The molecule has 2 atom stereocenters. The maximum Gasteiger partial charge on any atom is 0.337 e. The number of hydrogen-bond donors (Lipinski definition) is 1. The van der Waals surface area contributed by atoms with Gasteiger partial charge in [0.1, 0.15) is 12.7 Å². The van der Waals surface area contributed by atoms with E-state index in [4.69, 9.17) is 9.16 Å². The van der Waals surface area contributed by atoms with Crippen LogP contribution in [0.25, 0.3) is 0 Å². The number of aliphatic hydroxyl groups excluding tert-OH is 1. The fourth-order valence-electron chi connectivity index (χ4n) is 3.25. The van der Waals surface area contributed by atoms with E-state index >= 15 is 0 Å². The Hall–Kier alpha value is -0.393. The minimum absolute atomic E-state index is 0.0578. The molecule has 0 unspecified atom stereocenters. The van der Waals surface area contributed by atoms with E-state index in [-0.39, 0.29) is 6.61 Å². The van der Waals surface area contributed by atoms with E-state index in [2.05, 4.69) is 41.5 Å². The predicted molar refractivity (Wildman–Crippen MR) is 72.9 cm³/mol. The maximum atomic E-state index is 11.6. The van der Waals surface area contributed by atoms with Gasteiger partial charge in [-0.15, -0.1) is 0 Å². The van der Waals surface area contributed by atoms with Gasteiger partial charge in [0.25, 0.3) is 0 Å². The Morgan fingerprint density at radius 1 is 1.17 bits per heavy atom. The van der Waals surface area contributed by atoms with E-state index in [9.17, 15) is 9.90 Å². The van der Waals surface area contributed by atoms with Crippen LogP contribution in [-0.4, -0.2) is 38.2 Å². The molecule has 0 spiro atoms. The van der Waals surface area contributed by atoms with Crippen molar-refractivity contribution < 1.29 is 19.1 Å². The second-order valence-corrected chi connectivity index (χ2v) is 11.5. The molecule has 0 saturated carbocycles. The van der Waals surface area contributed by atoms with E-state index in [1.54, 1.807) is 0 Å². The first-order chi connectivity index (χ1) is 8.23. The fourth-order valence-corrected chi connectivity index (χ4v) is 8.76. The van der Waals surface area contributed by atoms with Crippen LogP contribution in [0.3, 0.4) is 0 Å².